The fraction of sp³-hybridized carbons (Fsp3) is 0.318. The summed E-state index contributed by atoms with van der Waals surface area (Å²) in [4.78, 5) is 34.5. The number of amides is 2. The normalized spacial score (nSPS) is 14.2. The van der Waals surface area contributed by atoms with E-state index in [1.165, 1.54) is 16.9 Å². The van der Waals surface area contributed by atoms with Crippen molar-refractivity contribution in [2.45, 2.75) is 19.3 Å². The Morgan fingerprint density at radius 1 is 0.931 bits per heavy atom. The summed E-state index contributed by atoms with van der Waals surface area (Å²) in [5, 5.41) is 4.72. The van der Waals surface area contributed by atoms with Crippen LogP contribution >= 0.6 is 22.7 Å². The van der Waals surface area contributed by atoms with Crippen molar-refractivity contribution in [1.82, 2.24) is 14.8 Å². The minimum atomic E-state index is -0.0415. The first kappa shape index (κ1) is 19.8. The van der Waals surface area contributed by atoms with E-state index in [4.69, 9.17) is 0 Å². The van der Waals surface area contributed by atoms with Gasteiger partial charge in [-0.3, -0.25) is 9.59 Å². The van der Waals surface area contributed by atoms with Crippen molar-refractivity contribution in [2.75, 3.05) is 26.2 Å². The Morgan fingerprint density at radius 2 is 1.69 bits per heavy atom. The lowest BCUT2D eigenvalue weighted by Crippen LogP contribution is -2.50. The van der Waals surface area contributed by atoms with Crippen LogP contribution in [0.5, 0.6) is 0 Å². The van der Waals surface area contributed by atoms with Gasteiger partial charge >= 0.3 is 0 Å². The molecule has 5 nitrogen and oxygen atoms in total. The molecule has 3 aromatic rings. The summed E-state index contributed by atoms with van der Waals surface area (Å²) in [6.45, 7) is 2.32. The Labute approximate surface area is 178 Å². The number of thiophene rings is 1. The van der Waals surface area contributed by atoms with Gasteiger partial charge < -0.3 is 9.80 Å². The number of aromatic nitrogens is 1. The molecule has 0 atom stereocenters. The molecule has 1 aliphatic heterocycles. The van der Waals surface area contributed by atoms with E-state index < -0.39 is 0 Å². The summed E-state index contributed by atoms with van der Waals surface area (Å²) in [6, 6.07) is 14.2. The first-order chi connectivity index (χ1) is 14.2. The smallest absolute Gasteiger partial charge is 0.273 e. The van der Waals surface area contributed by atoms with Crippen molar-refractivity contribution >= 4 is 34.5 Å². The minimum Gasteiger partial charge on any atom is -0.339 e. The topological polar surface area (TPSA) is 53.5 Å². The lowest BCUT2D eigenvalue weighted by Gasteiger charge is -2.34. The Balaban J connectivity index is 1.24. The number of rotatable bonds is 6. The predicted octanol–water partition coefficient (Wildman–Crippen LogP) is 4.18. The molecule has 0 saturated carbocycles. The van der Waals surface area contributed by atoms with E-state index in [0.29, 0.717) is 38.3 Å². The Morgan fingerprint density at radius 3 is 2.41 bits per heavy atom. The summed E-state index contributed by atoms with van der Waals surface area (Å²) < 4.78 is 0. The van der Waals surface area contributed by atoms with Gasteiger partial charge in [0, 0.05) is 38.0 Å². The molecule has 1 fully saturated rings. The third kappa shape index (κ3) is 4.92. The van der Waals surface area contributed by atoms with Gasteiger partial charge in [-0.2, -0.15) is 0 Å². The molecule has 150 valence electrons. The number of nitrogens with zero attached hydrogens (tertiary/aromatic N) is 3. The zero-order valence-electron chi connectivity index (χ0n) is 16.1. The van der Waals surface area contributed by atoms with Crippen molar-refractivity contribution in [3.63, 3.8) is 0 Å². The second-order valence-electron chi connectivity index (χ2n) is 7.03. The number of hydrogen-bond donors (Lipinski definition) is 0. The monoisotopic (exact) mass is 425 g/mol. The summed E-state index contributed by atoms with van der Waals surface area (Å²) in [7, 11) is 0. The van der Waals surface area contributed by atoms with Gasteiger partial charge in [0.2, 0.25) is 5.91 Å². The summed E-state index contributed by atoms with van der Waals surface area (Å²) in [5.41, 5.74) is 1.77. The molecule has 29 heavy (non-hydrogen) atoms. The average Bonchev–Trinajstić information content (AvgIpc) is 3.46. The Hall–Kier alpha value is -2.51. The van der Waals surface area contributed by atoms with Crippen molar-refractivity contribution in [3.05, 3.63) is 64.5 Å². The van der Waals surface area contributed by atoms with Crippen molar-refractivity contribution in [3.8, 4) is 9.88 Å². The molecule has 2 aromatic heterocycles. The van der Waals surface area contributed by atoms with Crippen LogP contribution in [0.4, 0.5) is 0 Å². The van der Waals surface area contributed by atoms with E-state index in [-0.39, 0.29) is 11.8 Å². The zero-order chi connectivity index (χ0) is 20.1. The quantitative estimate of drug-likeness (QED) is 0.595. The van der Waals surface area contributed by atoms with Crippen LogP contribution in [0, 0.1) is 0 Å². The largest absolute Gasteiger partial charge is 0.339 e. The van der Waals surface area contributed by atoms with Gasteiger partial charge in [0.05, 0.1) is 4.88 Å². The molecule has 3 heterocycles. The molecule has 0 bridgehead atoms. The molecule has 0 aliphatic carbocycles. The Kier molecular flexibility index (Phi) is 6.36. The van der Waals surface area contributed by atoms with Crippen LogP contribution in [0.2, 0.25) is 0 Å². The van der Waals surface area contributed by atoms with Gasteiger partial charge in [0.1, 0.15) is 10.7 Å². The maximum Gasteiger partial charge on any atom is 0.273 e. The van der Waals surface area contributed by atoms with Crippen LogP contribution < -0.4 is 0 Å². The van der Waals surface area contributed by atoms with Crippen LogP contribution in [0.1, 0.15) is 28.9 Å². The lowest BCUT2D eigenvalue weighted by atomic mass is 10.1. The highest BCUT2D eigenvalue weighted by atomic mass is 32.1. The average molecular weight is 426 g/mol. The highest BCUT2D eigenvalue weighted by molar-refractivity contribution is 7.20. The number of aryl methyl sites for hydroxylation is 1. The molecular formula is C22H23N3O2S2. The predicted molar refractivity (Wildman–Crippen MR) is 117 cm³/mol. The van der Waals surface area contributed by atoms with E-state index in [9.17, 15) is 9.59 Å². The molecule has 0 N–H and O–H groups in total. The standard InChI is InChI=1S/C22H23N3O2S2/c26-20(10-4-8-17-6-2-1-3-7-17)24-11-13-25(14-12-24)22(27)18-16-29-21(23-18)19-9-5-15-28-19/h1-3,5-7,9,15-16H,4,8,10-14H2. The second kappa shape index (κ2) is 9.33. The van der Waals surface area contributed by atoms with Crippen LogP contribution in [0.3, 0.4) is 0 Å². The van der Waals surface area contributed by atoms with E-state index in [1.807, 2.05) is 46.0 Å². The highest BCUT2D eigenvalue weighted by Crippen LogP contribution is 2.28. The molecule has 0 unspecified atom stereocenters. The third-order valence-corrected chi connectivity index (χ3v) is 6.96. The SMILES string of the molecule is O=C(CCCc1ccccc1)N1CCN(C(=O)c2csc(-c3cccs3)n2)CC1. The number of carbonyl (C=O) groups is 2. The highest BCUT2D eigenvalue weighted by Gasteiger charge is 2.26. The van der Waals surface area contributed by atoms with Crippen molar-refractivity contribution < 1.29 is 9.59 Å². The van der Waals surface area contributed by atoms with Gasteiger partial charge in [-0.05, 0) is 29.9 Å². The van der Waals surface area contributed by atoms with Crippen molar-refractivity contribution in [1.29, 1.82) is 0 Å². The molecule has 0 spiro atoms. The van der Waals surface area contributed by atoms with E-state index >= 15 is 0 Å². The van der Waals surface area contributed by atoms with Gasteiger partial charge in [0.15, 0.2) is 0 Å². The number of thiazole rings is 1. The molecule has 7 heteroatoms. The van der Waals surface area contributed by atoms with E-state index in [2.05, 4.69) is 17.1 Å². The fourth-order valence-corrected chi connectivity index (χ4v) is 5.06. The minimum absolute atomic E-state index is 0.0415. The van der Waals surface area contributed by atoms with Crippen LogP contribution in [-0.4, -0.2) is 52.8 Å². The number of carbonyl (C=O) groups excluding carboxylic acids is 2. The molecule has 2 amide bonds. The maximum atomic E-state index is 12.8. The van der Waals surface area contributed by atoms with Crippen LogP contribution in [-0.2, 0) is 11.2 Å². The Bertz CT molecular complexity index is 946. The molecule has 0 radical (unpaired) electrons. The van der Waals surface area contributed by atoms with Crippen LogP contribution in [0.15, 0.2) is 53.2 Å². The first-order valence-electron chi connectivity index (χ1n) is 9.81. The summed E-state index contributed by atoms with van der Waals surface area (Å²) >= 11 is 3.12. The number of piperazine rings is 1. The molecule has 4 rings (SSSR count). The molecule has 1 saturated heterocycles. The van der Waals surface area contributed by atoms with Gasteiger partial charge in [-0.15, -0.1) is 22.7 Å². The summed E-state index contributed by atoms with van der Waals surface area (Å²) in [6.07, 6.45) is 2.33. The lowest BCUT2D eigenvalue weighted by molar-refractivity contribution is -0.132. The fourth-order valence-electron chi connectivity index (χ4n) is 3.45. The zero-order valence-corrected chi connectivity index (χ0v) is 17.8. The second-order valence-corrected chi connectivity index (χ2v) is 8.83. The summed E-state index contributed by atoms with van der Waals surface area (Å²) in [5.74, 6) is 0.141. The molecular weight excluding hydrogens is 402 g/mol. The first-order valence-corrected chi connectivity index (χ1v) is 11.6. The molecule has 1 aliphatic rings. The van der Waals surface area contributed by atoms with Gasteiger partial charge in [0.25, 0.3) is 5.91 Å². The van der Waals surface area contributed by atoms with Gasteiger partial charge in [-0.1, -0.05) is 36.4 Å². The van der Waals surface area contributed by atoms with Gasteiger partial charge in [-0.25, -0.2) is 4.98 Å². The molecule has 1 aromatic carbocycles. The number of hydrogen-bond acceptors (Lipinski definition) is 5. The third-order valence-electron chi connectivity index (χ3n) is 5.07. The number of benzene rings is 1. The van der Waals surface area contributed by atoms with Crippen molar-refractivity contribution in [2.24, 2.45) is 0 Å². The maximum absolute atomic E-state index is 12.8. The van der Waals surface area contributed by atoms with Crippen LogP contribution in [0.25, 0.3) is 9.88 Å². The van der Waals surface area contributed by atoms with E-state index in [0.717, 1.165) is 22.7 Å². The van der Waals surface area contributed by atoms with E-state index in [1.54, 1.807) is 16.2 Å².